The normalized spacial score (nSPS) is 15.6. The lowest BCUT2D eigenvalue weighted by atomic mass is 9.98. The second-order valence-corrected chi connectivity index (χ2v) is 6.43. The fourth-order valence-corrected chi connectivity index (χ4v) is 3.06. The number of hydrogen-bond donors (Lipinski definition) is 2. The number of aryl methyl sites for hydroxylation is 1. The van der Waals surface area contributed by atoms with Crippen LogP contribution in [0, 0.1) is 6.92 Å². The molecule has 3 heteroatoms. The molecule has 0 heterocycles. The van der Waals surface area contributed by atoms with Crippen LogP contribution in [0.3, 0.4) is 0 Å². The van der Waals surface area contributed by atoms with Gasteiger partial charge in [-0.15, -0.1) is 0 Å². The largest absolute Gasteiger partial charge is 0.326 e. The zero-order valence-electron chi connectivity index (χ0n) is 13.5. The number of para-hydroxylation sites is 1. The van der Waals surface area contributed by atoms with Crippen LogP contribution in [0.5, 0.6) is 0 Å². The van der Waals surface area contributed by atoms with E-state index in [4.69, 9.17) is 0 Å². The second-order valence-electron chi connectivity index (χ2n) is 6.43. The van der Waals surface area contributed by atoms with Gasteiger partial charge in [0, 0.05) is 24.7 Å². The van der Waals surface area contributed by atoms with E-state index >= 15 is 0 Å². The maximum atomic E-state index is 12.2. The van der Waals surface area contributed by atoms with E-state index < -0.39 is 0 Å². The summed E-state index contributed by atoms with van der Waals surface area (Å²) in [7, 11) is 0. The summed E-state index contributed by atoms with van der Waals surface area (Å²) in [6.07, 6.45) is 5.71. The van der Waals surface area contributed by atoms with Gasteiger partial charge in [0.1, 0.15) is 0 Å². The van der Waals surface area contributed by atoms with Crippen molar-refractivity contribution < 1.29 is 4.79 Å². The van der Waals surface area contributed by atoms with Crippen LogP contribution >= 0.6 is 0 Å². The van der Waals surface area contributed by atoms with Crippen LogP contribution in [0.15, 0.2) is 18.2 Å². The number of benzene rings is 1. The first-order valence-electron chi connectivity index (χ1n) is 8.20. The minimum Gasteiger partial charge on any atom is -0.326 e. The number of carbonyl (C=O) groups is 1. The molecule has 0 unspecified atom stereocenters. The van der Waals surface area contributed by atoms with E-state index in [0.717, 1.165) is 17.8 Å². The van der Waals surface area contributed by atoms with Crippen molar-refractivity contribution >= 4 is 11.6 Å². The Morgan fingerprint density at radius 3 is 2.67 bits per heavy atom. The van der Waals surface area contributed by atoms with Crippen LogP contribution in [0.2, 0.25) is 0 Å². The summed E-state index contributed by atoms with van der Waals surface area (Å²) in [6, 6.07) is 6.84. The van der Waals surface area contributed by atoms with Gasteiger partial charge >= 0.3 is 0 Å². The molecular formula is C18H28N2O. The molecule has 2 rings (SSSR count). The van der Waals surface area contributed by atoms with Gasteiger partial charge in [-0.1, -0.05) is 44.9 Å². The summed E-state index contributed by atoms with van der Waals surface area (Å²) < 4.78 is 0. The SMILES string of the molecule is Cc1cccc(C(C)C)c1NC(=O)CCNC1CCCC1. The monoisotopic (exact) mass is 288 g/mol. The van der Waals surface area contributed by atoms with Gasteiger partial charge in [-0.25, -0.2) is 0 Å². The van der Waals surface area contributed by atoms with Crippen molar-refractivity contribution in [1.29, 1.82) is 0 Å². The highest BCUT2D eigenvalue weighted by Gasteiger charge is 2.15. The zero-order chi connectivity index (χ0) is 15.2. The number of rotatable bonds is 6. The Bertz CT molecular complexity index is 476. The average molecular weight is 288 g/mol. The van der Waals surface area contributed by atoms with Crippen molar-refractivity contribution in [3.8, 4) is 0 Å². The van der Waals surface area contributed by atoms with Crippen LogP contribution in [-0.2, 0) is 4.79 Å². The molecule has 0 aromatic heterocycles. The van der Waals surface area contributed by atoms with E-state index in [1.54, 1.807) is 0 Å². The number of carbonyl (C=O) groups excluding carboxylic acids is 1. The zero-order valence-corrected chi connectivity index (χ0v) is 13.5. The molecule has 0 bridgehead atoms. The lowest BCUT2D eigenvalue weighted by molar-refractivity contribution is -0.116. The van der Waals surface area contributed by atoms with E-state index in [0.29, 0.717) is 18.4 Å². The first-order chi connectivity index (χ1) is 10.1. The molecule has 1 saturated carbocycles. The first-order valence-corrected chi connectivity index (χ1v) is 8.20. The molecule has 1 aliphatic carbocycles. The Labute approximate surface area is 128 Å². The van der Waals surface area contributed by atoms with Crippen molar-refractivity contribution in [3.63, 3.8) is 0 Å². The molecular weight excluding hydrogens is 260 g/mol. The minimum absolute atomic E-state index is 0.108. The molecule has 1 aliphatic rings. The molecule has 2 N–H and O–H groups in total. The second kappa shape index (κ2) is 7.60. The third-order valence-corrected chi connectivity index (χ3v) is 4.33. The fraction of sp³-hybridized carbons (Fsp3) is 0.611. The highest BCUT2D eigenvalue weighted by molar-refractivity contribution is 5.92. The maximum Gasteiger partial charge on any atom is 0.225 e. The molecule has 3 nitrogen and oxygen atoms in total. The Morgan fingerprint density at radius 1 is 1.29 bits per heavy atom. The third kappa shape index (κ3) is 4.57. The molecule has 116 valence electrons. The Balaban J connectivity index is 1.87. The maximum absolute atomic E-state index is 12.2. The van der Waals surface area contributed by atoms with Crippen molar-refractivity contribution in [2.45, 2.75) is 64.8 Å². The van der Waals surface area contributed by atoms with E-state index in [-0.39, 0.29) is 5.91 Å². The van der Waals surface area contributed by atoms with E-state index in [1.165, 1.54) is 31.2 Å². The van der Waals surface area contributed by atoms with E-state index in [1.807, 2.05) is 0 Å². The number of anilines is 1. The molecule has 1 amide bonds. The first kappa shape index (κ1) is 16.0. The van der Waals surface area contributed by atoms with Gasteiger partial charge in [0.25, 0.3) is 0 Å². The summed E-state index contributed by atoms with van der Waals surface area (Å²) in [5.74, 6) is 0.522. The predicted molar refractivity (Wildman–Crippen MR) is 88.8 cm³/mol. The number of amides is 1. The molecule has 0 atom stereocenters. The molecule has 21 heavy (non-hydrogen) atoms. The van der Waals surface area contributed by atoms with Crippen molar-refractivity contribution in [1.82, 2.24) is 5.32 Å². The molecule has 0 aliphatic heterocycles. The van der Waals surface area contributed by atoms with E-state index in [9.17, 15) is 4.79 Å². The van der Waals surface area contributed by atoms with Crippen LogP contribution in [0.4, 0.5) is 5.69 Å². The summed E-state index contributed by atoms with van der Waals surface area (Å²) in [5.41, 5.74) is 3.35. The number of nitrogens with one attached hydrogen (secondary N) is 2. The fourth-order valence-electron chi connectivity index (χ4n) is 3.06. The van der Waals surface area contributed by atoms with Gasteiger partial charge in [0.15, 0.2) is 0 Å². The van der Waals surface area contributed by atoms with Gasteiger partial charge < -0.3 is 10.6 Å². The third-order valence-electron chi connectivity index (χ3n) is 4.33. The van der Waals surface area contributed by atoms with Gasteiger partial charge in [0.05, 0.1) is 0 Å². The Morgan fingerprint density at radius 2 is 2.00 bits per heavy atom. The quantitative estimate of drug-likeness (QED) is 0.831. The highest BCUT2D eigenvalue weighted by atomic mass is 16.1. The van der Waals surface area contributed by atoms with Crippen molar-refractivity contribution in [2.75, 3.05) is 11.9 Å². The highest BCUT2D eigenvalue weighted by Crippen LogP contribution is 2.27. The van der Waals surface area contributed by atoms with Crippen LogP contribution in [0.25, 0.3) is 0 Å². The van der Waals surface area contributed by atoms with Crippen LogP contribution < -0.4 is 10.6 Å². The van der Waals surface area contributed by atoms with E-state index in [2.05, 4.69) is 49.6 Å². The number of hydrogen-bond acceptors (Lipinski definition) is 2. The Hall–Kier alpha value is -1.35. The Kier molecular flexibility index (Phi) is 5.80. The smallest absolute Gasteiger partial charge is 0.225 e. The lowest BCUT2D eigenvalue weighted by Crippen LogP contribution is -2.29. The molecule has 1 aromatic rings. The van der Waals surface area contributed by atoms with Crippen molar-refractivity contribution in [2.24, 2.45) is 0 Å². The standard InChI is InChI=1S/C18H28N2O/c1-13(2)16-10-6-7-14(3)18(16)20-17(21)11-12-19-15-8-4-5-9-15/h6-7,10,13,15,19H,4-5,8-9,11-12H2,1-3H3,(H,20,21). The van der Waals surface area contributed by atoms with Crippen LogP contribution in [0.1, 0.15) is 63.0 Å². The topological polar surface area (TPSA) is 41.1 Å². The van der Waals surface area contributed by atoms with Gasteiger partial charge in [-0.05, 0) is 36.8 Å². The van der Waals surface area contributed by atoms with Crippen molar-refractivity contribution in [3.05, 3.63) is 29.3 Å². The summed E-state index contributed by atoms with van der Waals surface area (Å²) >= 11 is 0. The predicted octanol–water partition coefficient (Wildman–Crippen LogP) is 3.98. The summed E-state index contributed by atoms with van der Waals surface area (Å²) in [5, 5.41) is 6.60. The molecule has 1 fully saturated rings. The molecule has 1 aromatic carbocycles. The van der Waals surface area contributed by atoms with Crippen LogP contribution in [-0.4, -0.2) is 18.5 Å². The average Bonchev–Trinajstić information content (AvgIpc) is 2.94. The summed E-state index contributed by atoms with van der Waals surface area (Å²) in [4.78, 5) is 12.2. The van der Waals surface area contributed by atoms with Gasteiger partial charge in [-0.2, -0.15) is 0 Å². The van der Waals surface area contributed by atoms with Gasteiger partial charge in [-0.3, -0.25) is 4.79 Å². The summed E-state index contributed by atoms with van der Waals surface area (Å²) in [6.45, 7) is 7.15. The molecule has 0 spiro atoms. The molecule has 0 radical (unpaired) electrons. The minimum atomic E-state index is 0.108. The van der Waals surface area contributed by atoms with Gasteiger partial charge in [0.2, 0.25) is 5.91 Å². The lowest BCUT2D eigenvalue weighted by Gasteiger charge is -2.17. The molecule has 0 saturated heterocycles.